The third-order valence-corrected chi connectivity index (χ3v) is 5.20. The van der Waals surface area contributed by atoms with Crippen molar-refractivity contribution in [2.45, 2.75) is 18.9 Å². The van der Waals surface area contributed by atoms with Crippen molar-refractivity contribution in [1.29, 1.82) is 0 Å². The molecule has 2 aromatic rings. The largest absolute Gasteiger partial charge is 0.370 e. The summed E-state index contributed by atoms with van der Waals surface area (Å²) in [7, 11) is 2.20. The number of guanidine groups is 1. The molecule has 5 nitrogen and oxygen atoms in total. The maximum Gasteiger partial charge on any atom is 0.194 e. The Hall–Kier alpha value is -1.92. The number of anilines is 1. The Morgan fingerprint density at radius 2 is 2.35 bits per heavy atom. The van der Waals surface area contributed by atoms with Crippen molar-refractivity contribution in [1.82, 2.24) is 9.88 Å². The molecule has 2 atom stereocenters. The van der Waals surface area contributed by atoms with Crippen LogP contribution in [0.25, 0.3) is 0 Å². The molecular weight excluding hydrogens is 306 g/mol. The second-order valence-electron chi connectivity index (χ2n) is 5.91. The van der Waals surface area contributed by atoms with Crippen molar-refractivity contribution < 1.29 is 0 Å². The lowest BCUT2D eigenvalue weighted by Gasteiger charge is -2.38. The van der Waals surface area contributed by atoms with E-state index in [1.54, 1.807) is 6.20 Å². The lowest BCUT2D eigenvalue weighted by Crippen LogP contribution is -2.37. The van der Waals surface area contributed by atoms with E-state index in [9.17, 15) is 0 Å². The fraction of sp³-hybridized carbons (Fsp3) is 0.412. The number of pyridine rings is 1. The van der Waals surface area contributed by atoms with Gasteiger partial charge in [-0.25, -0.2) is 4.98 Å². The highest BCUT2D eigenvalue weighted by atomic mass is 32.1. The Labute approximate surface area is 141 Å². The maximum absolute atomic E-state index is 6.01. The van der Waals surface area contributed by atoms with Crippen molar-refractivity contribution in [2.24, 2.45) is 16.6 Å². The molecule has 0 aromatic carbocycles. The number of rotatable bonds is 4. The highest BCUT2D eigenvalue weighted by Crippen LogP contribution is 2.37. The monoisotopic (exact) mass is 329 g/mol. The van der Waals surface area contributed by atoms with E-state index >= 15 is 0 Å². The summed E-state index contributed by atoms with van der Waals surface area (Å²) in [6.45, 7) is 1.88. The van der Waals surface area contributed by atoms with E-state index < -0.39 is 0 Å². The van der Waals surface area contributed by atoms with Gasteiger partial charge >= 0.3 is 0 Å². The second-order valence-corrected chi connectivity index (χ2v) is 6.89. The highest BCUT2D eigenvalue weighted by molar-refractivity contribution is 7.10. The molecule has 3 heterocycles. The summed E-state index contributed by atoms with van der Waals surface area (Å²) in [5.41, 5.74) is 6.01. The molecule has 2 unspecified atom stereocenters. The van der Waals surface area contributed by atoms with E-state index in [1.807, 2.05) is 29.5 Å². The standard InChI is InChI=1S/C17H23N5S/c1-22-10-4-6-13(16(22)14-7-5-11-23-14)12-20-17(18)21-15-8-2-3-9-19-15/h2-3,5,7-9,11,13,16H,4,6,10,12H2,1H3,(H3,18,19,20,21). The Balaban J connectivity index is 1.66. The van der Waals surface area contributed by atoms with E-state index in [2.05, 4.69) is 44.8 Å². The molecule has 0 amide bonds. The predicted molar refractivity (Wildman–Crippen MR) is 96.8 cm³/mol. The number of hydrogen-bond donors (Lipinski definition) is 2. The van der Waals surface area contributed by atoms with Crippen LogP contribution in [0.4, 0.5) is 5.82 Å². The summed E-state index contributed by atoms with van der Waals surface area (Å²) in [6, 6.07) is 10.5. The van der Waals surface area contributed by atoms with E-state index in [4.69, 9.17) is 5.73 Å². The summed E-state index contributed by atoms with van der Waals surface area (Å²) in [6.07, 6.45) is 4.14. The lowest BCUT2D eigenvalue weighted by molar-refractivity contribution is 0.128. The third-order valence-electron chi connectivity index (χ3n) is 4.26. The summed E-state index contributed by atoms with van der Waals surface area (Å²) in [4.78, 5) is 12.6. The first-order valence-electron chi connectivity index (χ1n) is 7.95. The molecule has 2 aromatic heterocycles. The van der Waals surface area contributed by atoms with Crippen LogP contribution < -0.4 is 11.1 Å². The number of aromatic nitrogens is 1. The van der Waals surface area contributed by atoms with Gasteiger partial charge in [-0.2, -0.15) is 0 Å². The van der Waals surface area contributed by atoms with Gasteiger partial charge in [-0.15, -0.1) is 11.3 Å². The minimum absolute atomic E-state index is 0.432. The quantitative estimate of drug-likeness (QED) is 0.668. The number of nitrogens with two attached hydrogens (primary N) is 1. The fourth-order valence-corrected chi connectivity index (χ4v) is 4.17. The molecular formula is C17H23N5S. The Morgan fingerprint density at radius 3 is 3.09 bits per heavy atom. The number of likely N-dealkylation sites (tertiary alicyclic amines) is 1. The van der Waals surface area contributed by atoms with Crippen LogP contribution in [0.3, 0.4) is 0 Å². The molecule has 0 radical (unpaired) electrons. The molecule has 122 valence electrons. The summed E-state index contributed by atoms with van der Waals surface area (Å²) < 4.78 is 0. The summed E-state index contributed by atoms with van der Waals surface area (Å²) in [5.74, 6) is 1.66. The smallest absolute Gasteiger partial charge is 0.194 e. The summed E-state index contributed by atoms with van der Waals surface area (Å²) >= 11 is 1.83. The molecule has 0 aliphatic carbocycles. The number of hydrogen-bond acceptors (Lipinski definition) is 4. The molecule has 0 bridgehead atoms. The molecule has 1 aliphatic rings. The zero-order valence-corrected chi connectivity index (χ0v) is 14.2. The molecule has 0 spiro atoms. The van der Waals surface area contributed by atoms with Gasteiger partial charge in [0.05, 0.1) is 0 Å². The molecule has 1 saturated heterocycles. The molecule has 3 N–H and O–H groups in total. The van der Waals surface area contributed by atoms with E-state index in [1.165, 1.54) is 17.7 Å². The first-order chi connectivity index (χ1) is 11.2. The number of thiophene rings is 1. The van der Waals surface area contributed by atoms with E-state index in [0.29, 0.717) is 17.9 Å². The van der Waals surface area contributed by atoms with Gasteiger partial charge in [-0.1, -0.05) is 12.1 Å². The fourth-order valence-electron chi connectivity index (χ4n) is 3.18. The van der Waals surface area contributed by atoms with E-state index in [-0.39, 0.29) is 0 Å². The highest BCUT2D eigenvalue weighted by Gasteiger charge is 2.30. The zero-order valence-electron chi connectivity index (χ0n) is 13.4. The molecule has 1 fully saturated rings. The van der Waals surface area contributed by atoms with Gasteiger partial charge in [0, 0.05) is 23.7 Å². The molecule has 3 rings (SSSR count). The normalized spacial score (nSPS) is 22.9. The first-order valence-corrected chi connectivity index (χ1v) is 8.83. The second kappa shape index (κ2) is 7.57. The van der Waals surface area contributed by atoms with Crippen LogP contribution in [-0.4, -0.2) is 36.0 Å². The van der Waals surface area contributed by atoms with Crippen LogP contribution in [0, 0.1) is 5.92 Å². The minimum atomic E-state index is 0.432. The number of aliphatic imine (C=N–C) groups is 1. The Morgan fingerprint density at radius 1 is 1.43 bits per heavy atom. The van der Waals surface area contributed by atoms with Crippen molar-refractivity contribution in [3.8, 4) is 0 Å². The lowest BCUT2D eigenvalue weighted by atomic mass is 9.88. The van der Waals surface area contributed by atoms with Crippen molar-refractivity contribution in [3.05, 3.63) is 46.8 Å². The van der Waals surface area contributed by atoms with Crippen molar-refractivity contribution in [3.63, 3.8) is 0 Å². The first kappa shape index (κ1) is 16.0. The zero-order chi connectivity index (χ0) is 16.1. The average Bonchev–Trinajstić information content (AvgIpc) is 3.08. The number of nitrogens with zero attached hydrogens (tertiary/aromatic N) is 3. The number of nitrogens with one attached hydrogen (secondary N) is 1. The topological polar surface area (TPSA) is 66.5 Å². The maximum atomic E-state index is 6.01. The summed E-state index contributed by atoms with van der Waals surface area (Å²) in [5, 5.41) is 5.20. The Kier molecular flexibility index (Phi) is 5.25. The minimum Gasteiger partial charge on any atom is -0.370 e. The SMILES string of the molecule is CN1CCCC(CN=C(N)Nc2ccccn2)C1c1cccs1. The van der Waals surface area contributed by atoms with Gasteiger partial charge in [0.25, 0.3) is 0 Å². The van der Waals surface area contributed by atoms with Gasteiger partial charge in [-0.05, 0) is 55.9 Å². The van der Waals surface area contributed by atoms with Crippen molar-refractivity contribution in [2.75, 3.05) is 25.5 Å². The molecule has 0 saturated carbocycles. The van der Waals surface area contributed by atoms with Crippen LogP contribution in [0.2, 0.25) is 0 Å². The molecule has 23 heavy (non-hydrogen) atoms. The van der Waals surface area contributed by atoms with Crippen LogP contribution in [0.5, 0.6) is 0 Å². The van der Waals surface area contributed by atoms with Crippen LogP contribution in [-0.2, 0) is 0 Å². The van der Waals surface area contributed by atoms with Gasteiger partial charge in [0.1, 0.15) is 5.82 Å². The van der Waals surface area contributed by atoms with Crippen LogP contribution in [0.15, 0.2) is 46.9 Å². The van der Waals surface area contributed by atoms with Crippen molar-refractivity contribution >= 4 is 23.1 Å². The average molecular weight is 329 g/mol. The van der Waals surface area contributed by atoms with Gasteiger partial charge in [0.2, 0.25) is 0 Å². The van der Waals surface area contributed by atoms with Gasteiger partial charge in [0.15, 0.2) is 5.96 Å². The predicted octanol–water partition coefficient (Wildman–Crippen LogP) is 2.95. The molecule has 1 aliphatic heterocycles. The van der Waals surface area contributed by atoms with Crippen LogP contribution in [0.1, 0.15) is 23.8 Å². The number of piperidine rings is 1. The van der Waals surface area contributed by atoms with Gasteiger partial charge in [-0.3, -0.25) is 9.89 Å². The Bertz CT molecular complexity index is 626. The van der Waals surface area contributed by atoms with Crippen LogP contribution >= 0.6 is 11.3 Å². The third kappa shape index (κ3) is 4.09. The molecule has 6 heteroatoms. The van der Waals surface area contributed by atoms with Gasteiger partial charge < -0.3 is 11.1 Å². The van der Waals surface area contributed by atoms with E-state index in [0.717, 1.165) is 18.9 Å².